The third kappa shape index (κ3) is 1.39. The number of nitrogens with zero attached hydrogens (tertiary/aromatic N) is 4. The number of aromatic amines is 1. The van der Waals surface area contributed by atoms with E-state index in [-0.39, 0.29) is 5.95 Å². The lowest BCUT2D eigenvalue weighted by atomic mass is 10.2. The van der Waals surface area contributed by atoms with Crippen LogP contribution in [0.25, 0.3) is 11.2 Å². The number of aromatic nitrogens is 4. The Kier molecular flexibility index (Phi) is 1.99. The highest BCUT2D eigenvalue weighted by Gasteiger charge is 2.15. The molecule has 0 radical (unpaired) electrons. The molecule has 2 aromatic rings. The van der Waals surface area contributed by atoms with E-state index < -0.39 is 0 Å². The van der Waals surface area contributed by atoms with Crippen LogP contribution >= 0.6 is 0 Å². The minimum atomic E-state index is 0.268. The predicted molar refractivity (Wildman–Crippen MR) is 62.1 cm³/mol. The second-order valence-corrected chi connectivity index (χ2v) is 3.71. The molecular formula is C10H12N6. The molecule has 3 rings (SSSR count). The van der Waals surface area contributed by atoms with Gasteiger partial charge in [-0.05, 0) is 6.42 Å². The van der Waals surface area contributed by atoms with Crippen molar-refractivity contribution in [2.24, 2.45) is 0 Å². The number of nitrogen functional groups attached to an aromatic ring is 1. The average molecular weight is 216 g/mol. The molecule has 0 spiro atoms. The molecule has 0 saturated carbocycles. The maximum atomic E-state index is 5.67. The van der Waals surface area contributed by atoms with Gasteiger partial charge in [-0.3, -0.25) is 0 Å². The second kappa shape index (κ2) is 3.48. The van der Waals surface area contributed by atoms with Gasteiger partial charge in [-0.25, -0.2) is 4.98 Å². The number of hydrogen-bond acceptors (Lipinski definition) is 5. The van der Waals surface area contributed by atoms with E-state index in [0.29, 0.717) is 5.65 Å². The van der Waals surface area contributed by atoms with E-state index in [2.05, 4.69) is 37.0 Å². The van der Waals surface area contributed by atoms with E-state index in [1.54, 1.807) is 6.33 Å². The summed E-state index contributed by atoms with van der Waals surface area (Å²) in [7, 11) is 0. The van der Waals surface area contributed by atoms with E-state index in [4.69, 9.17) is 5.73 Å². The number of rotatable bonds is 1. The van der Waals surface area contributed by atoms with Crippen molar-refractivity contribution in [3.8, 4) is 0 Å². The lowest BCUT2D eigenvalue weighted by Gasteiger charge is -2.24. The van der Waals surface area contributed by atoms with Gasteiger partial charge in [-0.15, -0.1) is 0 Å². The van der Waals surface area contributed by atoms with Crippen LogP contribution in [0.1, 0.15) is 6.42 Å². The third-order valence-electron chi connectivity index (χ3n) is 2.64. The Bertz CT molecular complexity index is 543. The maximum Gasteiger partial charge on any atom is 0.224 e. The van der Waals surface area contributed by atoms with Crippen LogP contribution in [0.2, 0.25) is 0 Å². The number of hydrogen-bond donors (Lipinski definition) is 2. The van der Waals surface area contributed by atoms with Crippen molar-refractivity contribution < 1.29 is 0 Å². The van der Waals surface area contributed by atoms with Gasteiger partial charge in [0.15, 0.2) is 11.5 Å². The molecule has 6 heteroatoms. The molecule has 0 fully saturated rings. The molecule has 0 bridgehead atoms. The number of nitrogens with two attached hydrogens (primary N) is 1. The first-order valence-electron chi connectivity index (χ1n) is 5.21. The largest absolute Gasteiger partial charge is 0.368 e. The lowest BCUT2D eigenvalue weighted by molar-refractivity contribution is 0.808. The van der Waals surface area contributed by atoms with Crippen LogP contribution in [0.5, 0.6) is 0 Å². The van der Waals surface area contributed by atoms with Crippen molar-refractivity contribution in [1.82, 2.24) is 19.9 Å². The average Bonchev–Trinajstić information content (AvgIpc) is 2.77. The number of H-pyrrole nitrogens is 1. The second-order valence-electron chi connectivity index (χ2n) is 3.71. The van der Waals surface area contributed by atoms with Gasteiger partial charge in [-0.1, -0.05) is 12.2 Å². The highest BCUT2D eigenvalue weighted by Crippen LogP contribution is 2.22. The summed E-state index contributed by atoms with van der Waals surface area (Å²) in [5.41, 5.74) is 7.14. The monoisotopic (exact) mass is 216 g/mol. The number of fused-ring (bicyclic) bond motifs is 1. The molecule has 3 heterocycles. The fourth-order valence-corrected chi connectivity index (χ4v) is 1.90. The number of nitrogens with one attached hydrogen (secondary N) is 1. The zero-order valence-electron chi connectivity index (χ0n) is 8.72. The Morgan fingerprint density at radius 3 is 3.06 bits per heavy atom. The normalized spacial score (nSPS) is 15.9. The molecule has 0 aliphatic carbocycles. The third-order valence-corrected chi connectivity index (χ3v) is 2.64. The topological polar surface area (TPSA) is 83.7 Å². The van der Waals surface area contributed by atoms with E-state index in [1.165, 1.54) is 0 Å². The SMILES string of the molecule is Nc1nc(N2CC=CCC2)c2[nH]cnc2n1. The van der Waals surface area contributed by atoms with Crippen LogP contribution in [-0.2, 0) is 0 Å². The molecule has 1 aliphatic rings. The molecule has 0 aromatic carbocycles. The zero-order valence-corrected chi connectivity index (χ0v) is 8.72. The van der Waals surface area contributed by atoms with E-state index >= 15 is 0 Å². The molecule has 6 nitrogen and oxygen atoms in total. The Hall–Kier alpha value is -2.11. The Labute approximate surface area is 92.2 Å². The number of anilines is 2. The molecule has 0 atom stereocenters. The summed E-state index contributed by atoms with van der Waals surface area (Å²) in [6.07, 6.45) is 6.94. The highest BCUT2D eigenvalue weighted by molar-refractivity contribution is 5.84. The van der Waals surface area contributed by atoms with Crippen LogP contribution in [0.3, 0.4) is 0 Å². The quantitative estimate of drug-likeness (QED) is 0.685. The Morgan fingerprint density at radius 2 is 2.25 bits per heavy atom. The van der Waals surface area contributed by atoms with Crippen molar-refractivity contribution in [2.45, 2.75) is 6.42 Å². The predicted octanol–water partition coefficient (Wildman–Crippen LogP) is 0.701. The molecule has 82 valence electrons. The van der Waals surface area contributed by atoms with E-state index in [1.807, 2.05) is 0 Å². The van der Waals surface area contributed by atoms with Crippen molar-refractivity contribution in [2.75, 3.05) is 23.7 Å². The summed E-state index contributed by atoms with van der Waals surface area (Å²) < 4.78 is 0. The van der Waals surface area contributed by atoms with Crippen LogP contribution < -0.4 is 10.6 Å². The molecule has 3 N–H and O–H groups in total. The van der Waals surface area contributed by atoms with Crippen LogP contribution in [0.4, 0.5) is 11.8 Å². The van der Waals surface area contributed by atoms with Crippen molar-refractivity contribution in [3.63, 3.8) is 0 Å². The van der Waals surface area contributed by atoms with Gasteiger partial charge in [0.1, 0.15) is 5.52 Å². The molecule has 0 saturated heterocycles. The smallest absolute Gasteiger partial charge is 0.224 e. The first-order valence-corrected chi connectivity index (χ1v) is 5.21. The molecular weight excluding hydrogens is 204 g/mol. The highest BCUT2D eigenvalue weighted by atomic mass is 15.2. The first kappa shape index (κ1) is 9.14. The fourth-order valence-electron chi connectivity index (χ4n) is 1.90. The van der Waals surface area contributed by atoms with Crippen LogP contribution in [0, 0.1) is 0 Å². The van der Waals surface area contributed by atoms with Crippen molar-refractivity contribution in [3.05, 3.63) is 18.5 Å². The first-order chi connectivity index (χ1) is 7.84. The molecule has 0 unspecified atom stereocenters. The summed E-state index contributed by atoms with van der Waals surface area (Å²) in [4.78, 5) is 17.7. The van der Waals surface area contributed by atoms with Gasteiger partial charge in [-0.2, -0.15) is 9.97 Å². The fraction of sp³-hybridized carbons (Fsp3) is 0.300. The van der Waals surface area contributed by atoms with Crippen LogP contribution in [0.15, 0.2) is 18.5 Å². The summed E-state index contributed by atoms with van der Waals surface area (Å²) in [5, 5.41) is 0. The summed E-state index contributed by atoms with van der Waals surface area (Å²) in [6.45, 7) is 1.80. The number of imidazole rings is 1. The molecule has 16 heavy (non-hydrogen) atoms. The molecule has 1 aliphatic heterocycles. The van der Waals surface area contributed by atoms with Crippen molar-refractivity contribution in [1.29, 1.82) is 0 Å². The van der Waals surface area contributed by atoms with Gasteiger partial charge >= 0.3 is 0 Å². The zero-order chi connectivity index (χ0) is 11.0. The summed E-state index contributed by atoms with van der Waals surface area (Å²) >= 11 is 0. The molecule has 0 amide bonds. The Morgan fingerprint density at radius 1 is 1.31 bits per heavy atom. The van der Waals surface area contributed by atoms with Crippen molar-refractivity contribution >= 4 is 22.9 Å². The van der Waals surface area contributed by atoms with Crippen LogP contribution in [-0.4, -0.2) is 33.0 Å². The van der Waals surface area contributed by atoms with E-state index in [0.717, 1.165) is 30.8 Å². The summed E-state index contributed by atoms with van der Waals surface area (Å²) in [6, 6.07) is 0. The molecule has 2 aromatic heterocycles. The maximum absolute atomic E-state index is 5.67. The standard InChI is InChI=1S/C10H12N6/c11-10-14-8-7(12-6-13-8)9(15-10)16-4-2-1-3-5-16/h1-2,6H,3-5H2,(H3,11,12,13,14,15). The van der Waals surface area contributed by atoms with E-state index in [9.17, 15) is 0 Å². The lowest BCUT2D eigenvalue weighted by Crippen LogP contribution is -2.28. The van der Waals surface area contributed by atoms with Gasteiger partial charge < -0.3 is 15.6 Å². The van der Waals surface area contributed by atoms with Gasteiger partial charge in [0.2, 0.25) is 5.95 Å². The summed E-state index contributed by atoms with van der Waals surface area (Å²) in [5.74, 6) is 1.11. The minimum Gasteiger partial charge on any atom is -0.368 e. The van der Waals surface area contributed by atoms with Gasteiger partial charge in [0.05, 0.1) is 6.33 Å². The van der Waals surface area contributed by atoms with Gasteiger partial charge in [0, 0.05) is 13.1 Å². The Balaban J connectivity index is 2.13. The van der Waals surface area contributed by atoms with Gasteiger partial charge in [0.25, 0.3) is 0 Å². The minimum absolute atomic E-state index is 0.268.